The van der Waals surface area contributed by atoms with Gasteiger partial charge in [0.1, 0.15) is 5.75 Å². The maximum atomic E-state index is 12.8. The second-order valence-corrected chi connectivity index (χ2v) is 6.27. The van der Waals surface area contributed by atoms with Crippen molar-refractivity contribution in [3.05, 3.63) is 100 Å². The monoisotopic (exact) mass is 376 g/mol. The lowest BCUT2D eigenvalue weighted by Gasteiger charge is -2.20. The summed E-state index contributed by atoms with van der Waals surface area (Å²) in [5, 5.41) is 14.2. The minimum Gasteiger partial charge on any atom is -0.497 e. The van der Waals surface area contributed by atoms with Gasteiger partial charge in [-0.3, -0.25) is 14.9 Å². The summed E-state index contributed by atoms with van der Waals surface area (Å²) in [6.07, 6.45) is 0.243. The molecule has 6 nitrogen and oxygen atoms in total. The van der Waals surface area contributed by atoms with Crippen molar-refractivity contribution < 1.29 is 14.5 Å². The standard InChI is InChI=1S/C22H20N2O4/c1-28-20-13-7-17(8-14-20)22(25)15-21(16-5-3-2-4-6-16)23-18-9-11-19(12-10-18)24(26)27/h2-14,21,23H,15H2,1H3/t21-/m0/s1. The number of nitro groups is 1. The van der Waals surface area contributed by atoms with Crippen molar-refractivity contribution >= 4 is 17.2 Å². The first-order chi connectivity index (χ1) is 13.6. The number of ether oxygens (including phenoxy) is 1. The highest BCUT2D eigenvalue weighted by atomic mass is 16.6. The van der Waals surface area contributed by atoms with Gasteiger partial charge in [-0.2, -0.15) is 0 Å². The number of Topliss-reactive ketones (excluding diaryl/α,β-unsaturated/α-hetero) is 1. The minimum atomic E-state index is -0.439. The second-order valence-electron chi connectivity index (χ2n) is 6.27. The van der Waals surface area contributed by atoms with Crippen LogP contribution in [0.3, 0.4) is 0 Å². The van der Waals surface area contributed by atoms with Crippen molar-refractivity contribution in [2.24, 2.45) is 0 Å². The van der Waals surface area contributed by atoms with Gasteiger partial charge in [-0.15, -0.1) is 0 Å². The van der Waals surface area contributed by atoms with Crippen LogP contribution in [-0.4, -0.2) is 17.8 Å². The van der Waals surface area contributed by atoms with Crippen molar-refractivity contribution in [2.45, 2.75) is 12.5 Å². The Labute approximate surface area is 162 Å². The number of hydrogen-bond donors (Lipinski definition) is 1. The molecule has 0 unspecified atom stereocenters. The summed E-state index contributed by atoms with van der Waals surface area (Å²) in [6, 6.07) is 22.6. The Morgan fingerprint density at radius 2 is 1.64 bits per heavy atom. The summed E-state index contributed by atoms with van der Waals surface area (Å²) < 4.78 is 5.13. The van der Waals surface area contributed by atoms with Gasteiger partial charge in [-0.05, 0) is 42.0 Å². The van der Waals surface area contributed by atoms with Gasteiger partial charge < -0.3 is 10.1 Å². The van der Waals surface area contributed by atoms with E-state index >= 15 is 0 Å². The molecule has 6 heteroatoms. The van der Waals surface area contributed by atoms with E-state index in [2.05, 4.69) is 5.32 Å². The van der Waals surface area contributed by atoms with Crippen LogP contribution < -0.4 is 10.1 Å². The number of anilines is 1. The lowest BCUT2D eigenvalue weighted by atomic mass is 9.97. The van der Waals surface area contributed by atoms with Gasteiger partial charge in [-0.1, -0.05) is 30.3 Å². The van der Waals surface area contributed by atoms with Gasteiger partial charge in [0.05, 0.1) is 18.1 Å². The van der Waals surface area contributed by atoms with Crippen LogP contribution in [0.5, 0.6) is 5.75 Å². The molecule has 28 heavy (non-hydrogen) atoms. The highest BCUT2D eigenvalue weighted by molar-refractivity contribution is 5.96. The molecule has 0 aliphatic rings. The Morgan fingerprint density at radius 3 is 2.21 bits per heavy atom. The van der Waals surface area contributed by atoms with E-state index in [1.54, 1.807) is 43.5 Å². The number of hydrogen-bond acceptors (Lipinski definition) is 5. The lowest BCUT2D eigenvalue weighted by molar-refractivity contribution is -0.384. The normalized spacial score (nSPS) is 11.5. The average molecular weight is 376 g/mol. The SMILES string of the molecule is COc1ccc(C(=O)C[C@H](Nc2ccc([N+](=O)[O-])cc2)c2ccccc2)cc1. The number of carbonyl (C=O) groups excluding carboxylic acids is 1. The summed E-state index contributed by atoms with van der Waals surface area (Å²) in [5.74, 6) is 0.686. The molecule has 0 bridgehead atoms. The molecule has 3 aromatic carbocycles. The van der Waals surface area contributed by atoms with Crippen LogP contribution in [0.4, 0.5) is 11.4 Å². The fourth-order valence-corrected chi connectivity index (χ4v) is 2.90. The third kappa shape index (κ3) is 4.73. The van der Waals surface area contributed by atoms with Crippen molar-refractivity contribution in [3.63, 3.8) is 0 Å². The summed E-state index contributed by atoms with van der Waals surface area (Å²) in [7, 11) is 1.58. The smallest absolute Gasteiger partial charge is 0.269 e. The first-order valence-corrected chi connectivity index (χ1v) is 8.80. The van der Waals surface area contributed by atoms with E-state index in [1.165, 1.54) is 12.1 Å². The van der Waals surface area contributed by atoms with E-state index in [0.29, 0.717) is 17.0 Å². The molecule has 0 saturated carbocycles. The van der Waals surface area contributed by atoms with Gasteiger partial charge in [0.2, 0.25) is 0 Å². The molecule has 0 aromatic heterocycles. The summed E-state index contributed by atoms with van der Waals surface area (Å²) in [4.78, 5) is 23.2. The molecule has 0 radical (unpaired) electrons. The van der Waals surface area contributed by atoms with E-state index < -0.39 is 4.92 Å². The van der Waals surface area contributed by atoms with Gasteiger partial charge in [0.25, 0.3) is 5.69 Å². The van der Waals surface area contributed by atoms with Gasteiger partial charge in [0.15, 0.2) is 5.78 Å². The number of nitro benzene ring substituents is 1. The number of methoxy groups -OCH3 is 1. The number of carbonyl (C=O) groups is 1. The quantitative estimate of drug-likeness (QED) is 0.339. The predicted molar refractivity (Wildman–Crippen MR) is 108 cm³/mol. The molecule has 0 heterocycles. The van der Waals surface area contributed by atoms with Crippen LogP contribution in [0.2, 0.25) is 0 Å². The highest BCUT2D eigenvalue weighted by Gasteiger charge is 2.18. The minimum absolute atomic E-state index is 0.00841. The average Bonchev–Trinajstić information content (AvgIpc) is 2.74. The molecule has 0 fully saturated rings. The van der Waals surface area contributed by atoms with E-state index in [0.717, 1.165) is 5.56 Å². The van der Waals surface area contributed by atoms with Crippen LogP contribution in [0.15, 0.2) is 78.9 Å². The molecular formula is C22H20N2O4. The van der Waals surface area contributed by atoms with E-state index in [4.69, 9.17) is 4.74 Å². The molecule has 1 N–H and O–H groups in total. The summed E-state index contributed by atoms with van der Waals surface area (Å²) in [6.45, 7) is 0. The van der Waals surface area contributed by atoms with Crippen molar-refractivity contribution in [3.8, 4) is 5.75 Å². The largest absolute Gasteiger partial charge is 0.497 e. The Kier molecular flexibility index (Phi) is 6.01. The fourth-order valence-electron chi connectivity index (χ4n) is 2.90. The Bertz CT molecular complexity index is 939. The van der Waals surface area contributed by atoms with Crippen LogP contribution in [-0.2, 0) is 0 Å². The first kappa shape index (κ1) is 19.1. The molecule has 1 atom stereocenters. The second kappa shape index (κ2) is 8.81. The van der Waals surface area contributed by atoms with Crippen molar-refractivity contribution in [2.75, 3.05) is 12.4 Å². The molecule has 142 valence electrons. The van der Waals surface area contributed by atoms with Gasteiger partial charge in [-0.25, -0.2) is 0 Å². The molecule has 3 aromatic rings. The number of rotatable bonds is 8. The van der Waals surface area contributed by atoms with E-state index in [9.17, 15) is 14.9 Å². The van der Waals surface area contributed by atoms with Gasteiger partial charge >= 0.3 is 0 Å². The van der Waals surface area contributed by atoms with E-state index in [-0.39, 0.29) is 23.9 Å². The predicted octanol–water partition coefficient (Wildman–Crippen LogP) is 5.03. The van der Waals surface area contributed by atoms with Gasteiger partial charge in [0, 0.05) is 29.8 Å². The number of nitrogens with one attached hydrogen (secondary N) is 1. The molecule has 0 aliphatic carbocycles. The number of benzene rings is 3. The third-order valence-electron chi connectivity index (χ3n) is 4.42. The van der Waals surface area contributed by atoms with Crippen molar-refractivity contribution in [1.82, 2.24) is 0 Å². The number of ketones is 1. The number of nitrogens with zero attached hydrogens (tertiary/aromatic N) is 1. The van der Waals surface area contributed by atoms with Crippen LogP contribution in [0.25, 0.3) is 0 Å². The topological polar surface area (TPSA) is 81.5 Å². The Morgan fingerprint density at radius 1 is 1.00 bits per heavy atom. The number of non-ortho nitro benzene ring substituents is 1. The molecule has 3 rings (SSSR count). The van der Waals surface area contributed by atoms with Crippen LogP contribution >= 0.6 is 0 Å². The Balaban J connectivity index is 1.80. The Hall–Kier alpha value is -3.67. The van der Waals surface area contributed by atoms with Crippen LogP contribution in [0, 0.1) is 10.1 Å². The van der Waals surface area contributed by atoms with E-state index in [1.807, 2.05) is 30.3 Å². The first-order valence-electron chi connectivity index (χ1n) is 8.80. The maximum Gasteiger partial charge on any atom is 0.269 e. The zero-order valence-corrected chi connectivity index (χ0v) is 15.4. The molecule has 0 aliphatic heterocycles. The molecule has 0 spiro atoms. The zero-order chi connectivity index (χ0) is 19.9. The zero-order valence-electron chi connectivity index (χ0n) is 15.4. The molecular weight excluding hydrogens is 356 g/mol. The molecule has 0 amide bonds. The third-order valence-corrected chi connectivity index (χ3v) is 4.42. The summed E-state index contributed by atoms with van der Waals surface area (Å²) in [5.41, 5.74) is 2.30. The highest BCUT2D eigenvalue weighted by Crippen LogP contribution is 2.26. The lowest BCUT2D eigenvalue weighted by Crippen LogP contribution is -2.15. The maximum absolute atomic E-state index is 12.8. The van der Waals surface area contributed by atoms with Crippen LogP contribution in [0.1, 0.15) is 28.4 Å². The molecule has 0 saturated heterocycles. The summed E-state index contributed by atoms with van der Waals surface area (Å²) >= 11 is 0. The van der Waals surface area contributed by atoms with Crippen molar-refractivity contribution in [1.29, 1.82) is 0 Å². The fraction of sp³-hybridized carbons (Fsp3) is 0.136.